The first-order valence-electron chi connectivity index (χ1n) is 6.91. The number of anilines is 1. The van der Waals surface area contributed by atoms with Crippen molar-refractivity contribution in [2.45, 2.75) is 16.2 Å². The van der Waals surface area contributed by atoms with Crippen LogP contribution in [0.3, 0.4) is 0 Å². The standard InChI is InChI=1S/C14H14ClN3O3S2/c15-10-3-1-9(2-4-10)8-22-14-18-17-13(23-14)16-12(19)11-7-20-5-6-21-11/h1-4,11H,5-8H2,(H,16,17,19)/t11-/m0/s1. The lowest BCUT2D eigenvalue weighted by Gasteiger charge is -2.21. The zero-order valence-electron chi connectivity index (χ0n) is 12.0. The number of nitrogens with one attached hydrogen (secondary N) is 1. The van der Waals surface area contributed by atoms with Crippen LogP contribution in [0.25, 0.3) is 0 Å². The number of hydrogen-bond donors (Lipinski definition) is 1. The summed E-state index contributed by atoms with van der Waals surface area (Å²) in [5, 5.41) is 11.9. The molecule has 0 radical (unpaired) electrons. The Morgan fingerprint density at radius 2 is 2.17 bits per heavy atom. The summed E-state index contributed by atoms with van der Waals surface area (Å²) in [6, 6.07) is 7.66. The Kier molecular flexibility index (Phi) is 5.85. The zero-order chi connectivity index (χ0) is 16.1. The molecule has 6 nitrogen and oxygen atoms in total. The van der Waals surface area contributed by atoms with E-state index in [0.29, 0.717) is 23.4 Å². The maximum atomic E-state index is 12.0. The highest BCUT2D eigenvalue weighted by atomic mass is 35.5. The summed E-state index contributed by atoms with van der Waals surface area (Å²) >= 11 is 8.75. The summed E-state index contributed by atoms with van der Waals surface area (Å²) < 4.78 is 11.3. The van der Waals surface area contributed by atoms with Gasteiger partial charge >= 0.3 is 0 Å². The van der Waals surface area contributed by atoms with Crippen LogP contribution in [0.2, 0.25) is 5.02 Å². The van der Waals surface area contributed by atoms with Crippen LogP contribution in [0.5, 0.6) is 0 Å². The van der Waals surface area contributed by atoms with Gasteiger partial charge in [0.25, 0.3) is 5.91 Å². The molecule has 1 amide bonds. The van der Waals surface area contributed by atoms with Crippen molar-refractivity contribution in [2.75, 3.05) is 25.1 Å². The van der Waals surface area contributed by atoms with E-state index in [-0.39, 0.29) is 12.5 Å². The number of halogens is 1. The van der Waals surface area contributed by atoms with E-state index in [9.17, 15) is 4.79 Å². The predicted molar refractivity (Wildman–Crippen MR) is 90.1 cm³/mol. The molecular weight excluding hydrogens is 358 g/mol. The molecule has 1 aromatic heterocycles. The number of carbonyl (C=O) groups is 1. The van der Waals surface area contributed by atoms with Crippen molar-refractivity contribution in [3.05, 3.63) is 34.9 Å². The van der Waals surface area contributed by atoms with Gasteiger partial charge in [0.05, 0.1) is 19.8 Å². The van der Waals surface area contributed by atoms with Gasteiger partial charge in [0, 0.05) is 10.8 Å². The minimum absolute atomic E-state index is 0.255. The SMILES string of the molecule is O=C(Nc1nnc(SCc2ccc(Cl)cc2)s1)[C@@H]1COCCO1. The summed E-state index contributed by atoms with van der Waals surface area (Å²) in [5.74, 6) is 0.509. The number of aromatic nitrogens is 2. The van der Waals surface area contributed by atoms with E-state index in [1.807, 2.05) is 24.3 Å². The van der Waals surface area contributed by atoms with Gasteiger partial charge in [-0.25, -0.2) is 0 Å². The van der Waals surface area contributed by atoms with Crippen LogP contribution in [0.1, 0.15) is 5.56 Å². The van der Waals surface area contributed by atoms with Crippen LogP contribution in [-0.2, 0) is 20.0 Å². The first-order valence-corrected chi connectivity index (χ1v) is 9.09. The number of carbonyl (C=O) groups excluding carboxylic acids is 1. The number of thioether (sulfide) groups is 1. The Balaban J connectivity index is 1.51. The van der Waals surface area contributed by atoms with Crippen molar-refractivity contribution in [2.24, 2.45) is 0 Å². The molecule has 2 heterocycles. The molecule has 1 aliphatic rings. The van der Waals surface area contributed by atoms with E-state index in [0.717, 1.165) is 15.7 Å². The second-order valence-corrected chi connectivity index (χ2v) is 7.35. The molecule has 1 atom stereocenters. The molecule has 23 heavy (non-hydrogen) atoms. The van der Waals surface area contributed by atoms with Gasteiger partial charge in [-0.3, -0.25) is 10.1 Å². The van der Waals surface area contributed by atoms with Crippen molar-refractivity contribution in [1.82, 2.24) is 10.2 Å². The smallest absolute Gasteiger partial charge is 0.257 e. The van der Waals surface area contributed by atoms with Crippen molar-refractivity contribution < 1.29 is 14.3 Å². The first kappa shape index (κ1) is 16.7. The van der Waals surface area contributed by atoms with E-state index in [4.69, 9.17) is 21.1 Å². The highest BCUT2D eigenvalue weighted by Crippen LogP contribution is 2.28. The monoisotopic (exact) mass is 371 g/mol. The highest BCUT2D eigenvalue weighted by Gasteiger charge is 2.23. The number of benzene rings is 1. The molecule has 1 N–H and O–H groups in total. The van der Waals surface area contributed by atoms with Gasteiger partial charge < -0.3 is 9.47 Å². The van der Waals surface area contributed by atoms with Gasteiger partial charge in [-0.05, 0) is 17.7 Å². The third-order valence-electron chi connectivity index (χ3n) is 3.02. The van der Waals surface area contributed by atoms with Crippen LogP contribution < -0.4 is 5.32 Å². The van der Waals surface area contributed by atoms with E-state index in [1.54, 1.807) is 11.8 Å². The largest absolute Gasteiger partial charge is 0.376 e. The molecule has 1 fully saturated rings. The fourth-order valence-electron chi connectivity index (χ4n) is 1.87. The van der Waals surface area contributed by atoms with Crippen molar-refractivity contribution in [3.63, 3.8) is 0 Å². The zero-order valence-corrected chi connectivity index (χ0v) is 14.4. The highest BCUT2D eigenvalue weighted by molar-refractivity contribution is 8.00. The van der Waals surface area contributed by atoms with Gasteiger partial charge in [-0.2, -0.15) is 0 Å². The Bertz CT molecular complexity index is 660. The Morgan fingerprint density at radius 3 is 2.91 bits per heavy atom. The lowest BCUT2D eigenvalue weighted by molar-refractivity contribution is -0.142. The minimum Gasteiger partial charge on any atom is -0.376 e. The van der Waals surface area contributed by atoms with Gasteiger partial charge in [0.15, 0.2) is 10.4 Å². The van der Waals surface area contributed by atoms with Crippen LogP contribution >= 0.6 is 34.7 Å². The molecular formula is C14H14ClN3O3S2. The predicted octanol–water partition coefficient (Wildman–Crippen LogP) is 2.84. The molecule has 0 bridgehead atoms. The number of ether oxygens (including phenoxy) is 2. The van der Waals surface area contributed by atoms with Crippen LogP contribution in [0, 0.1) is 0 Å². The number of amides is 1. The fraction of sp³-hybridized carbons (Fsp3) is 0.357. The molecule has 122 valence electrons. The summed E-state index contributed by atoms with van der Waals surface area (Å²) in [4.78, 5) is 12.0. The number of hydrogen-bond acceptors (Lipinski definition) is 7. The average Bonchev–Trinajstić information content (AvgIpc) is 3.02. The average molecular weight is 372 g/mol. The lowest BCUT2D eigenvalue weighted by Crippen LogP contribution is -2.39. The van der Waals surface area contributed by atoms with Gasteiger partial charge in [0.2, 0.25) is 5.13 Å². The van der Waals surface area contributed by atoms with Crippen molar-refractivity contribution in [1.29, 1.82) is 0 Å². The summed E-state index contributed by atoms with van der Waals surface area (Å²) in [5.41, 5.74) is 1.15. The molecule has 0 spiro atoms. The normalized spacial score (nSPS) is 17.9. The Morgan fingerprint density at radius 1 is 1.35 bits per heavy atom. The topological polar surface area (TPSA) is 73.3 Å². The third kappa shape index (κ3) is 4.89. The number of rotatable bonds is 5. The maximum absolute atomic E-state index is 12.0. The van der Waals surface area contributed by atoms with E-state index >= 15 is 0 Å². The second kappa shape index (κ2) is 8.07. The minimum atomic E-state index is -0.585. The molecule has 0 unspecified atom stereocenters. The summed E-state index contributed by atoms with van der Waals surface area (Å²) in [6.45, 7) is 1.22. The summed E-state index contributed by atoms with van der Waals surface area (Å²) in [7, 11) is 0. The third-order valence-corrected chi connectivity index (χ3v) is 5.32. The molecule has 2 aromatic rings. The molecule has 9 heteroatoms. The summed E-state index contributed by atoms with van der Waals surface area (Å²) in [6.07, 6.45) is -0.585. The molecule has 0 saturated carbocycles. The first-order chi connectivity index (χ1) is 11.2. The number of nitrogens with zero attached hydrogens (tertiary/aromatic N) is 2. The van der Waals surface area contributed by atoms with Crippen LogP contribution in [-0.4, -0.2) is 42.0 Å². The molecule has 1 saturated heterocycles. The van der Waals surface area contributed by atoms with Gasteiger partial charge in [-0.1, -0.05) is 46.8 Å². The Hall–Kier alpha value is -1.19. The van der Waals surface area contributed by atoms with Crippen molar-refractivity contribution in [3.8, 4) is 0 Å². The van der Waals surface area contributed by atoms with Crippen LogP contribution in [0.4, 0.5) is 5.13 Å². The molecule has 3 rings (SSSR count). The van der Waals surface area contributed by atoms with E-state index in [1.165, 1.54) is 11.3 Å². The lowest BCUT2D eigenvalue weighted by atomic mass is 10.2. The van der Waals surface area contributed by atoms with E-state index in [2.05, 4.69) is 15.5 Å². The van der Waals surface area contributed by atoms with E-state index < -0.39 is 6.10 Å². The maximum Gasteiger partial charge on any atom is 0.257 e. The van der Waals surface area contributed by atoms with Gasteiger partial charge in [-0.15, -0.1) is 10.2 Å². The van der Waals surface area contributed by atoms with Gasteiger partial charge in [0.1, 0.15) is 0 Å². The van der Waals surface area contributed by atoms with Crippen LogP contribution in [0.15, 0.2) is 28.6 Å². The fourth-order valence-corrected chi connectivity index (χ4v) is 3.71. The second-order valence-electron chi connectivity index (χ2n) is 4.71. The Labute approximate surface area is 146 Å². The quantitative estimate of drug-likeness (QED) is 0.643. The molecule has 0 aliphatic carbocycles. The molecule has 1 aliphatic heterocycles. The van der Waals surface area contributed by atoms with Crippen molar-refractivity contribution >= 4 is 45.7 Å². The molecule has 1 aromatic carbocycles.